The third-order valence-corrected chi connectivity index (χ3v) is 1.76. The first-order valence-electron chi connectivity index (χ1n) is 4.89. The molecule has 0 heterocycles. The van der Waals surface area contributed by atoms with E-state index in [0.717, 1.165) is 13.0 Å². The summed E-state index contributed by atoms with van der Waals surface area (Å²) in [4.78, 5) is 10.7. The molecule has 0 aliphatic heterocycles. The molecule has 0 amide bonds. The van der Waals surface area contributed by atoms with Crippen LogP contribution in [-0.2, 0) is 14.3 Å². The average Bonchev–Trinajstić information content (AvgIpc) is 2.10. The fourth-order valence-corrected chi connectivity index (χ4v) is 0.753. The van der Waals surface area contributed by atoms with Crippen molar-refractivity contribution in [3.8, 4) is 0 Å². The smallest absolute Gasteiger partial charge is 0.311 e. The minimum absolute atomic E-state index is 0.220. The van der Waals surface area contributed by atoms with Crippen molar-refractivity contribution in [1.82, 2.24) is 0 Å². The van der Waals surface area contributed by atoms with E-state index in [0.29, 0.717) is 13.2 Å². The fraction of sp³-hybridized carbons (Fsp3) is 0.900. The molecule has 0 aromatic heterocycles. The highest BCUT2D eigenvalue weighted by molar-refractivity contribution is 5.73. The molecule has 0 aromatic rings. The first kappa shape index (κ1) is 13.4. The summed E-state index contributed by atoms with van der Waals surface area (Å²) in [6.45, 7) is 7.25. The fourth-order valence-electron chi connectivity index (χ4n) is 0.753. The van der Waals surface area contributed by atoms with E-state index in [1.54, 1.807) is 13.8 Å². The van der Waals surface area contributed by atoms with E-state index in [1.165, 1.54) is 0 Å². The van der Waals surface area contributed by atoms with Crippen LogP contribution in [0, 0.1) is 5.41 Å². The van der Waals surface area contributed by atoms with Crippen LogP contribution in [0.3, 0.4) is 0 Å². The molecule has 0 aliphatic rings. The number of carbonyl (C=O) groups is 1. The minimum atomic E-state index is -0.841. The second-order valence-electron chi connectivity index (χ2n) is 3.85. The van der Waals surface area contributed by atoms with Crippen molar-refractivity contribution in [2.75, 3.05) is 26.4 Å². The van der Waals surface area contributed by atoms with E-state index >= 15 is 0 Å². The Morgan fingerprint density at radius 1 is 1.21 bits per heavy atom. The van der Waals surface area contributed by atoms with Gasteiger partial charge >= 0.3 is 5.97 Å². The predicted octanol–water partition coefficient (Wildman–Crippen LogP) is 1.54. The lowest BCUT2D eigenvalue weighted by Crippen LogP contribution is -2.29. The molecule has 1 N–H and O–H groups in total. The summed E-state index contributed by atoms with van der Waals surface area (Å²) in [5, 5.41) is 8.77. The molecule has 0 fully saturated rings. The van der Waals surface area contributed by atoms with Gasteiger partial charge in [0.05, 0.1) is 25.2 Å². The van der Waals surface area contributed by atoms with Gasteiger partial charge in [0.15, 0.2) is 0 Å². The zero-order valence-electron chi connectivity index (χ0n) is 9.21. The van der Waals surface area contributed by atoms with Crippen LogP contribution in [0.2, 0.25) is 0 Å². The molecule has 0 aromatic carbocycles. The Morgan fingerprint density at radius 2 is 1.79 bits per heavy atom. The zero-order chi connectivity index (χ0) is 11.0. The van der Waals surface area contributed by atoms with Crippen LogP contribution in [0.5, 0.6) is 0 Å². The van der Waals surface area contributed by atoms with Crippen molar-refractivity contribution in [3.63, 3.8) is 0 Å². The Labute approximate surface area is 85.2 Å². The maximum absolute atomic E-state index is 10.7. The Morgan fingerprint density at radius 3 is 2.29 bits per heavy atom. The third kappa shape index (κ3) is 5.94. The highest BCUT2D eigenvalue weighted by Crippen LogP contribution is 2.14. The zero-order valence-corrected chi connectivity index (χ0v) is 9.21. The lowest BCUT2D eigenvalue weighted by atomic mass is 9.95. The molecular formula is C10H20O4. The van der Waals surface area contributed by atoms with Crippen molar-refractivity contribution in [2.45, 2.75) is 27.2 Å². The van der Waals surface area contributed by atoms with Crippen molar-refractivity contribution in [3.05, 3.63) is 0 Å². The van der Waals surface area contributed by atoms with Gasteiger partial charge < -0.3 is 14.6 Å². The number of hydrogen-bond donors (Lipinski definition) is 1. The largest absolute Gasteiger partial charge is 0.481 e. The van der Waals surface area contributed by atoms with Crippen molar-refractivity contribution in [2.24, 2.45) is 5.41 Å². The van der Waals surface area contributed by atoms with Gasteiger partial charge in [0.25, 0.3) is 0 Å². The number of aliphatic carboxylic acids is 1. The number of carboxylic acid groups (broad SMARTS) is 1. The molecule has 4 heteroatoms. The van der Waals surface area contributed by atoms with Gasteiger partial charge in [-0.1, -0.05) is 6.92 Å². The summed E-state index contributed by atoms with van der Waals surface area (Å²) >= 11 is 0. The van der Waals surface area contributed by atoms with Crippen LogP contribution in [-0.4, -0.2) is 37.5 Å². The Bertz CT molecular complexity index is 166. The van der Waals surface area contributed by atoms with Gasteiger partial charge in [-0.2, -0.15) is 0 Å². The van der Waals surface area contributed by atoms with Crippen molar-refractivity contribution >= 4 is 5.97 Å². The Hall–Kier alpha value is -0.610. The summed E-state index contributed by atoms with van der Waals surface area (Å²) < 4.78 is 10.4. The minimum Gasteiger partial charge on any atom is -0.481 e. The van der Waals surface area contributed by atoms with Gasteiger partial charge in [0.1, 0.15) is 0 Å². The highest BCUT2D eigenvalue weighted by atomic mass is 16.5. The molecule has 4 nitrogen and oxygen atoms in total. The normalized spacial score (nSPS) is 11.6. The van der Waals surface area contributed by atoms with E-state index in [4.69, 9.17) is 14.6 Å². The van der Waals surface area contributed by atoms with Crippen molar-refractivity contribution in [1.29, 1.82) is 0 Å². The summed E-state index contributed by atoms with van der Waals surface area (Å²) in [5.74, 6) is -0.841. The van der Waals surface area contributed by atoms with Crippen molar-refractivity contribution < 1.29 is 19.4 Å². The van der Waals surface area contributed by atoms with E-state index in [-0.39, 0.29) is 6.61 Å². The second-order valence-corrected chi connectivity index (χ2v) is 3.85. The first-order valence-corrected chi connectivity index (χ1v) is 4.89. The first-order chi connectivity index (χ1) is 6.50. The van der Waals surface area contributed by atoms with Crippen LogP contribution in [0.1, 0.15) is 27.2 Å². The number of ether oxygens (including phenoxy) is 2. The van der Waals surface area contributed by atoms with E-state index in [2.05, 4.69) is 0 Å². The molecule has 0 radical (unpaired) electrons. The van der Waals surface area contributed by atoms with Crippen LogP contribution in [0.15, 0.2) is 0 Å². The molecule has 0 spiro atoms. The Kier molecular flexibility index (Phi) is 6.49. The van der Waals surface area contributed by atoms with Gasteiger partial charge in [-0.15, -0.1) is 0 Å². The summed E-state index contributed by atoms with van der Waals surface area (Å²) in [7, 11) is 0. The molecule has 14 heavy (non-hydrogen) atoms. The summed E-state index contributed by atoms with van der Waals surface area (Å²) in [6.07, 6.45) is 0.987. The molecule has 84 valence electrons. The second kappa shape index (κ2) is 6.79. The van der Waals surface area contributed by atoms with E-state index < -0.39 is 11.4 Å². The monoisotopic (exact) mass is 204 g/mol. The van der Waals surface area contributed by atoms with Gasteiger partial charge in [0, 0.05) is 6.61 Å². The van der Waals surface area contributed by atoms with E-state index in [9.17, 15) is 4.79 Å². The van der Waals surface area contributed by atoms with Crippen LogP contribution < -0.4 is 0 Å². The topological polar surface area (TPSA) is 55.8 Å². The van der Waals surface area contributed by atoms with Crippen LogP contribution >= 0.6 is 0 Å². The van der Waals surface area contributed by atoms with Gasteiger partial charge in [-0.05, 0) is 20.3 Å². The van der Waals surface area contributed by atoms with Gasteiger partial charge in [-0.3, -0.25) is 4.79 Å². The quantitative estimate of drug-likeness (QED) is 0.609. The molecule has 0 saturated carbocycles. The maximum atomic E-state index is 10.7. The molecule has 0 unspecified atom stereocenters. The van der Waals surface area contributed by atoms with Gasteiger partial charge in [-0.25, -0.2) is 0 Å². The average molecular weight is 204 g/mol. The number of carboxylic acids is 1. The molecular weight excluding hydrogens is 184 g/mol. The van der Waals surface area contributed by atoms with Gasteiger partial charge in [0.2, 0.25) is 0 Å². The highest BCUT2D eigenvalue weighted by Gasteiger charge is 2.27. The standard InChI is InChI=1S/C10H20O4/c1-4-5-13-6-7-14-8-10(2,3)9(11)12/h4-8H2,1-3H3,(H,11,12). The molecule has 0 aliphatic carbocycles. The summed E-state index contributed by atoms with van der Waals surface area (Å²) in [5.41, 5.74) is -0.815. The number of rotatable bonds is 8. The lowest BCUT2D eigenvalue weighted by molar-refractivity contribution is -0.150. The third-order valence-electron chi connectivity index (χ3n) is 1.76. The Balaban J connectivity index is 3.40. The maximum Gasteiger partial charge on any atom is 0.311 e. The van der Waals surface area contributed by atoms with Crippen LogP contribution in [0.25, 0.3) is 0 Å². The summed E-state index contributed by atoms with van der Waals surface area (Å²) in [6, 6.07) is 0. The van der Waals surface area contributed by atoms with Crippen LogP contribution in [0.4, 0.5) is 0 Å². The number of hydrogen-bond acceptors (Lipinski definition) is 3. The molecule has 0 rings (SSSR count). The lowest BCUT2D eigenvalue weighted by Gasteiger charge is -2.18. The SMILES string of the molecule is CCCOCCOCC(C)(C)C(=O)O. The molecule has 0 atom stereocenters. The molecule has 0 bridgehead atoms. The predicted molar refractivity (Wildman–Crippen MR) is 53.3 cm³/mol. The molecule has 0 saturated heterocycles. The van der Waals surface area contributed by atoms with E-state index in [1.807, 2.05) is 6.92 Å².